The molecule has 0 saturated heterocycles. The van der Waals surface area contributed by atoms with Crippen molar-refractivity contribution in [1.82, 2.24) is 20.1 Å². The van der Waals surface area contributed by atoms with E-state index in [0.717, 1.165) is 29.3 Å². The van der Waals surface area contributed by atoms with Crippen molar-refractivity contribution in [1.29, 1.82) is 0 Å². The number of H-pyrrole nitrogens is 1. The molecule has 7 nitrogen and oxygen atoms in total. The molecule has 0 saturated carbocycles. The van der Waals surface area contributed by atoms with E-state index in [2.05, 4.69) is 15.5 Å². The van der Waals surface area contributed by atoms with Gasteiger partial charge in [-0.1, -0.05) is 12.1 Å². The molecule has 1 aliphatic rings. The van der Waals surface area contributed by atoms with Crippen molar-refractivity contribution in [3.05, 3.63) is 64.0 Å². The number of nitrogens with one attached hydrogen (secondary N) is 2. The number of fused-ring (bicyclic) bond motifs is 1. The average Bonchev–Trinajstić information content (AvgIpc) is 3.17. The van der Waals surface area contributed by atoms with Gasteiger partial charge >= 0.3 is 5.69 Å². The Morgan fingerprint density at radius 2 is 2.19 bits per heavy atom. The van der Waals surface area contributed by atoms with Crippen LogP contribution in [0.4, 0.5) is 0 Å². The van der Waals surface area contributed by atoms with Crippen LogP contribution in [0, 0.1) is 6.92 Å². The van der Waals surface area contributed by atoms with Crippen LogP contribution in [-0.2, 0) is 13.0 Å². The lowest BCUT2D eigenvalue weighted by atomic mass is 10.1. The molecular formula is C19H20N4O3. The monoisotopic (exact) mass is 352 g/mol. The highest BCUT2D eigenvalue weighted by Crippen LogP contribution is 2.23. The number of aryl methyl sites for hydroxylation is 2. The van der Waals surface area contributed by atoms with Crippen molar-refractivity contribution in [2.24, 2.45) is 0 Å². The van der Waals surface area contributed by atoms with E-state index in [1.807, 2.05) is 37.3 Å². The standard InChI is InChI=1S/C19H20N4O3/c1-12-5-7-16(26-12)13-3-2-4-14(11-13)18(24)20-15-6-8-17-21-22-19(25)23(17)10-9-15/h2-5,7,11,15H,6,8-10H2,1H3,(H,20,24)(H,22,25). The minimum Gasteiger partial charge on any atom is -0.461 e. The first-order chi connectivity index (χ1) is 12.6. The van der Waals surface area contributed by atoms with Gasteiger partial charge in [0.25, 0.3) is 5.91 Å². The van der Waals surface area contributed by atoms with Crippen LogP contribution in [0.15, 0.2) is 45.6 Å². The van der Waals surface area contributed by atoms with Crippen molar-refractivity contribution in [2.75, 3.05) is 0 Å². The van der Waals surface area contributed by atoms with Crippen molar-refractivity contribution >= 4 is 5.91 Å². The van der Waals surface area contributed by atoms with Gasteiger partial charge in [0, 0.05) is 30.1 Å². The summed E-state index contributed by atoms with van der Waals surface area (Å²) in [6, 6.07) is 11.2. The maximum Gasteiger partial charge on any atom is 0.343 e. The van der Waals surface area contributed by atoms with E-state index >= 15 is 0 Å². The molecule has 1 atom stereocenters. The second kappa shape index (κ2) is 6.67. The number of benzene rings is 1. The zero-order chi connectivity index (χ0) is 18.1. The average molecular weight is 352 g/mol. The molecule has 1 amide bonds. The predicted octanol–water partition coefficient (Wildman–Crippen LogP) is 2.27. The van der Waals surface area contributed by atoms with Gasteiger partial charge in [0.1, 0.15) is 17.3 Å². The maximum absolute atomic E-state index is 12.7. The number of nitrogens with zero attached hydrogens (tertiary/aromatic N) is 2. The first-order valence-electron chi connectivity index (χ1n) is 8.72. The number of hydrogen-bond acceptors (Lipinski definition) is 4. The molecule has 1 aromatic carbocycles. The van der Waals surface area contributed by atoms with Gasteiger partial charge in [-0.25, -0.2) is 9.89 Å². The quantitative estimate of drug-likeness (QED) is 0.756. The Labute approximate surface area is 150 Å². The summed E-state index contributed by atoms with van der Waals surface area (Å²) in [5.41, 5.74) is 1.28. The van der Waals surface area contributed by atoms with Crippen LogP contribution in [0.3, 0.4) is 0 Å². The van der Waals surface area contributed by atoms with Gasteiger partial charge in [0.15, 0.2) is 0 Å². The van der Waals surface area contributed by atoms with Crippen LogP contribution in [-0.4, -0.2) is 26.7 Å². The number of carbonyl (C=O) groups excluding carboxylic acids is 1. The van der Waals surface area contributed by atoms with E-state index in [1.165, 1.54) is 0 Å². The van der Waals surface area contributed by atoms with Crippen molar-refractivity contribution in [3.8, 4) is 11.3 Å². The van der Waals surface area contributed by atoms with Gasteiger partial charge in [-0.3, -0.25) is 9.36 Å². The van der Waals surface area contributed by atoms with E-state index < -0.39 is 0 Å². The zero-order valence-corrected chi connectivity index (χ0v) is 14.5. The molecule has 7 heteroatoms. The fraction of sp³-hybridized carbons (Fsp3) is 0.316. The van der Waals surface area contributed by atoms with Crippen LogP contribution in [0.5, 0.6) is 0 Å². The van der Waals surface area contributed by atoms with Crippen LogP contribution >= 0.6 is 0 Å². The Balaban J connectivity index is 1.46. The Bertz CT molecular complexity index is 998. The summed E-state index contributed by atoms with van der Waals surface area (Å²) in [6.45, 7) is 2.45. The summed E-state index contributed by atoms with van der Waals surface area (Å²) in [7, 11) is 0. The van der Waals surface area contributed by atoms with E-state index in [-0.39, 0.29) is 17.6 Å². The third-order valence-corrected chi connectivity index (χ3v) is 4.74. The molecular weight excluding hydrogens is 332 g/mol. The third-order valence-electron chi connectivity index (χ3n) is 4.74. The second-order valence-electron chi connectivity index (χ2n) is 6.59. The highest BCUT2D eigenvalue weighted by Gasteiger charge is 2.21. The molecule has 1 aliphatic heterocycles. The van der Waals surface area contributed by atoms with Crippen LogP contribution < -0.4 is 11.0 Å². The number of aromatic amines is 1. The van der Waals surface area contributed by atoms with Crippen LogP contribution in [0.2, 0.25) is 0 Å². The normalized spacial score (nSPS) is 16.7. The van der Waals surface area contributed by atoms with Gasteiger partial charge in [-0.2, -0.15) is 5.10 Å². The highest BCUT2D eigenvalue weighted by molar-refractivity contribution is 5.95. The van der Waals surface area contributed by atoms with Crippen molar-refractivity contribution in [3.63, 3.8) is 0 Å². The van der Waals surface area contributed by atoms with Crippen molar-refractivity contribution in [2.45, 2.75) is 38.8 Å². The summed E-state index contributed by atoms with van der Waals surface area (Å²) in [6.07, 6.45) is 2.12. The molecule has 2 aromatic heterocycles. The molecule has 2 N–H and O–H groups in total. The molecule has 0 spiro atoms. The molecule has 26 heavy (non-hydrogen) atoms. The molecule has 134 valence electrons. The maximum atomic E-state index is 12.7. The predicted molar refractivity (Wildman–Crippen MR) is 95.9 cm³/mol. The Kier molecular flexibility index (Phi) is 4.20. The van der Waals surface area contributed by atoms with Gasteiger partial charge in [0.05, 0.1) is 0 Å². The lowest BCUT2D eigenvalue weighted by Gasteiger charge is -2.16. The molecule has 4 rings (SSSR count). The summed E-state index contributed by atoms with van der Waals surface area (Å²) in [5, 5.41) is 9.59. The first kappa shape index (κ1) is 16.4. The molecule has 0 radical (unpaired) electrons. The first-order valence-corrected chi connectivity index (χ1v) is 8.72. The molecule has 0 bridgehead atoms. The Morgan fingerprint density at radius 1 is 1.31 bits per heavy atom. The van der Waals surface area contributed by atoms with Gasteiger partial charge in [0.2, 0.25) is 0 Å². The summed E-state index contributed by atoms with van der Waals surface area (Å²) < 4.78 is 7.28. The Hall–Kier alpha value is -3.09. The van der Waals surface area contributed by atoms with Crippen LogP contribution in [0.1, 0.15) is 34.8 Å². The molecule has 1 unspecified atom stereocenters. The van der Waals surface area contributed by atoms with E-state index in [1.54, 1.807) is 10.6 Å². The highest BCUT2D eigenvalue weighted by atomic mass is 16.3. The summed E-state index contributed by atoms with van der Waals surface area (Å²) in [4.78, 5) is 24.3. The summed E-state index contributed by atoms with van der Waals surface area (Å²) >= 11 is 0. The van der Waals surface area contributed by atoms with Gasteiger partial charge in [-0.05, 0) is 44.0 Å². The number of aromatic nitrogens is 3. The Morgan fingerprint density at radius 3 is 3.00 bits per heavy atom. The fourth-order valence-electron chi connectivity index (χ4n) is 3.32. The minimum absolute atomic E-state index is 0.0121. The summed E-state index contributed by atoms with van der Waals surface area (Å²) in [5.74, 6) is 2.22. The van der Waals surface area contributed by atoms with E-state index in [0.29, 0.717) is 24.9 Å². The molecule has 3 aromatic rings. The lowest BCUT2D eigenvalue weighted by Crippen LogP contribution is -2.35. The van der Waals surface area contributed by atoms with Crippen molar-refractivity contribution < 1.29 is 9.21 Å². The number of rotatable bonds is 3. The molecule has 3 heterocycles. The SMILES string of the molecule is Cc1ccc(-c2cccc(C(=O)NC3CCc4n[nH]c(=O)n4CC3)c2)o1. The topological polar surface area (TPSA) is 92.9 Å². The van der Waals surface area contributed by atoms with E-state index in [4.69, 9.17) is 4.42 Å². The smallest absolute Gasteiger partial charge is 0.343 e. The second-order valence-corrected chi connectivity index (χ2v) is 6.59. The number of carbonyl (C=O) groups is 1. The number of amides is 1. The molecule has 0 aliphatic carbocycles. The van der Waals surface area contributed by atoms with E-state index in [9.17, 15) is 9.59 Å². The van der Waals surface area contributed by atoms with Gasteiger partial charge < -0.3 is 9.73 Å². The third kappa shape index (κ3) is 3.20. The molecule has 0 fully saturated rings. The minimum atomic E-state index is -0.187. The fourth-order valence-corrected chi connectivity index (χ4v) is 3.32. The van der Waals surface area contributed by atoms with Gasteiger partial charge in [-0.15, -0.1) is 0 Å². The number of hydrogen-bond donors (Lipinski definition) is 2. The zero-order valence-electron chi connectivity index (χ0n) is 14.5. The largest absolute Gasteiger partial charge is 0.461 e. The lowest BCUT2D eigenvalue weighted by molar-refractivity contribution is 0.0933. The number of furan rings is 1. The van der Waals surface area contributed by atoms with Crippen LogP contribution in [0.25, 0.3) is 11.3 Å².